The maximum Gasteiger partial charge on any atom is 0.215 e. The van der Waals surface area contributed by atoms with Crippen LogP contribution in [0.5, 0.6) is 0 Å². The average Bonchev–Trinajstić information content (AvgIpc) is 1.60. The number of fused-ring (bicyclic) bond motifs is 7. The molecule has 14 nitrogen and oxygen atoms in total. The smallest absolute Gasteiger partial charge is 0.215 e. The first-order valence-electron chi connectivity index (χ1n) is 44.1. The highest BCUT2D eigenvalue weighted by molar-refractivity contribution is 5.98. The summed E-state index contributed by atoms with van der Waals surface area (Å²) in [7, 11) is 10.4. The molecule has 0 saturated carbocycles. The van der Waals surface area contributed by atoms with E-state index in [-0.39, 0.29) is 0 Å². The highest BCUT2D eigenvalue weighted by Crippen LogP contribution is 2.40. The molecule has 0 atom stereocenters. The van der Waals surface area contributed by atoms with Gasteiger partial charge in [-0.2, -0.15) is 0 Å². The molecule has 0 aliphatic heterocycles. The van der Waals surface area contributed by atoms with E-state index in [0.29, 0.717) is 5.69 Å². The molecule has 0 aliphatic carbocycles. The molecule has 0 unspecified atom stereocenters. The maximum absolute atomic E-state index is 7.10. The largest absolute Gasteiger partial charge is 0.346 e. The zero-order chi connectivity index (χ0) is 89.6. The van der Waals surface area contributed by atoms with Crippen molar-refractivity contribution in [2.45, 2.75) is 0 Å². The van der Waals surface area contributed by atoms with Crippen LogP contribution in [-0.4, -0.2) is 73.4 Å². The van der Waals surface area contributed by atoms with Crippen LogP contribution in [0, 0.1) is 6.57 Å². The van der Waals surface area contributed by atoms with E-state index < -0.39 is 0 Å². The number of para-hydroxylation sites is 14. The fourth-order valence-electron chi connectivity index (χ4n) is 17.0. The fraction of sp³-hybridized carbons (Fsp3) is 0.0424. The molecule has 0 amide bonds. The van der Waals surface area contributed by atoms with Gasteiger partial charge in [0.05, 0.1) is 56.4 Å². The maximum atomic E-state index is 7.10. The minimum absolute atomic E-state index is 0.662. The SMILES string of the molecule is CN(c1ccc(-c2nc3ccccc3n2-c2ccccc2)cc1)c1cccc2ccccc12.CN(c1cccc2ccccc12)c1nc2ccccc2n1-c1ccccc1.CN(c1ccccc1)c1ccc(-c2nc3ccccc3n2-c2ccccc2)cc1.CN(c1ccccc1)c1nc2ccccc2n1-c1ccccc1.[C-]#[N+]c1cccc(N(C)c2ccc3ccccc3c2)c1. The molecule has 4 aromatic heterocycles. The summed E-state index contributed by atoms with van der Waals surface area (Å²) in [6.07, 6.45) is 0. The molecule has 4 heterocycles. The van der Waals surface area contributed by atoms with Crippen LogP contribution < -0.4 is 24.5 Å². The summed E-state index contributed by atoms with van der Waals surface area (Å²) < 4.78 is 8.88. The summed E-state index contributed by atoms with van der Waals surface area (Å²) in [5.41, 5.74) is 24.7. The van der Waals surface area contributed by atoms with Crippen LogP contribution in [0.2, 0.25) is 0 Å². The minimum atomic E-state index is 0.662. The molecule has 0 saturated heterocycles. The van der Waals surface area contributed by atoms with Crippen LogP contribution in [0.15, 0.2) is 479 Å². The van der Waals surface area contributed by atoms with Crippen LogP contribution in [0.4, 0.5) is 63.1 Å². The second kappa shape index (κ2) is 38.7. The van der Waals surface area contributed by atoms with Crippen molar-refractivity contribution in [2.75, 3.05) is 59.7 Å². The Morgan fingerprint density at radius 2 is 0.508 bits per heavy atom. The van der Waals surface area contributed by atoms with Crippen molar-refractivity contribution in [1.82, 2.24) is 38.2 Å². The standard InChI is InChI=1S/C30H23N3.C26H21N3.C24H19N3.C20H17N3.C18H14N2/c1-32(28-17-9-11-22-10-5-6-14-26(22)28)24-20-18-23(19-21-24)30-31-27-15-7-8-16-29(27)33(30)25-12-3-2-4-13-25;1-28(21-10-4-2-5-11-21)22-18-16-20(17-19-22)26-27-24-14-8-9-15-25(24)29(26)23-12-6-3-7-13-23;1-26(22-17-9-11-18-10-5-6-14-20(18)22)24-25-21-15-7-8-16-23(21)27(24)19-12-3-2-4-13-19;1-22(16-10-4-2-5-11-16)20-21-18-14-8-9-15-19(18)23(20)17-12-6-3-7-13-17;1-19-16-8-5-9-17(13-16)20(2)18-11-10-14-6-3-4-7-15(14)12-18/h2-21H,1H3;2-19H,1H3;2-17H,1H3;2-15H,1H3;3-13H,2H3. The van der Waals surface area contributed by atoms with Crippen LogP contribution in [-0.2, 0) is 0 Å². The van der Waals surface area contributed by atoms with E-state index in [1.807, 2.05) is 116 Å². The predicted octanol–water partition coefficient (Wildman–Crippen LogP) is 30.0. The van der Waals surface area contributed by atoms with Crippen LogP contribution in [0.3, 0.4) is 0 Å². The van der Waals surface area contributed by atoms with Crippen LogP contribution >= 0.6 is 0 Å². The monoisotopic (exact) mass is 1710 g/mol. The Kier molecular flexibility index (Phi) is 24.6. The average molecular weight is 1710 g/mol. The highest BCUT2D eigenvalue weighted by atomic mass is 15.3. The van der Waals surface area contributed by atoms with Gasteiger partial charge in [-0.05, 0) is 228 Å². The number of hydrogen-bond donors (Lipinski definition) is 0. The van der Waals surface area contributed by atoms with E-state index in [4.69, 9.17) is 26.5 Å². The molecule has 636 valence electrons. The number of nitrogens with zero attached hydrogens (tertiary/aromatic N) is 14. The summed E-state index contributed by atoms with van der Waals surface area (Å²) >= 11 is 0. The Morgan fingerprint density at radius 3 is 0.955 bits per heavy atom. The highest BCUT2D eigenvalue weighted by Gasteiger charge is 2.23. The molecule has 0 bridgehead atoms. The first kappa shape index (κ1) is 83.9. The van der Waals surface area contributed by atoms with Gasteiger partial charge >= 0.3 is 0 Å². The summed E-state index contributed by atoms with van der Waals surface area (Å²) in [5.74, 6) is 3.70. The van der Waals surface area contributed by atoms with Gasteiger partial charge in [0.2, 0.25) is 11.9 Å². The second-order valence-corrected chi connectivity index (χ2v) is 32.1. The molecule has 23 aromatic rings. The zero-order valence-electron chi connectivity index (χ0n) is 73.9. The Labute approximate surface area is 768 Å². The van der Waals surface area contributed by atoms with E-state index in [9.17, 15) is 0 Å². The third-order valence-corrected chi connectivity index (χ3v) is 23.9. The number of aromatic nitrogens is 8. The van der Waals surface area contributed by atoms with Crippen molar-refractivity contribution in [3.8, 4) is 45.5 Å². The van der Waals surface area contributed by atoms with Crippen molar-refractivity contribution >= 4 is 140 Å². The van der Waals surface area contributed by atoms with Crippen molar-refractivity contribution in [1.29, 1.82) is 0 Å². The first-order chi connectivity index (χ1) is 65.0. The number of anilines is 10. The van der Waals surface area contributed by atoms with Gasteiger partial charge in [0, 0.05) is 120 Å². The lowest BCUT2D eigenvalue weighted by atomic mass is 10.1. The van der Waals surface area contributed by atoms with E-state index in [0.717, 1.165) is 141 Å². The van der Waals surface area contributed by atoms with Crippen molar-refractivity contribution in [3.05, 3.63) is 491 Å². The van der Waals surface area contributed by atoms with Gasteiger partial charge < -0.3 is 24.5 Å². The van der Waals surface area contributed by atoms with Gasteiger partial charge in [-0.15, -0.1) is 0 Å². The van der Waals surface area contributed by atoms with Gasteiger partial charge in [-0.1, -0.05) is 273 Å². The van der Waals surface area contributed by atoms with Crippen molar-refractivity contribution < 1.29 is 0 Å². The molecule has 0 N–H and O–H groups in total. The van der Waals surface area contributed by atoms with E-state index in [2.05, 4.69) is 446 Å². The fourth-order valence-corrected chi connectivity index (χ4v) is 17.0. The number of hydrogen-bond acceptors (Lipinski definition) is 9. The third-order valence-electron chi connectivity index (χ3n) is 23.9. The Balaban J connectivity index is 0.000000108. The quantitative estimate of drug-likeness (QED) is 0.0877. The van der Waals surface area contributed by atoms with E-state index in [1.165, 1.54) is 38.0 Å². The molecule has 23 rings (SSSR count). The summed E-state index contributed by atoms with van der Waals surface area (Å²) in [6, 6.07) is 165. The zero-order valence-corrected chi connectivity index (χ0v) is 73.9. The third kappa shape index (κ3) is 17.7. The predicted molar refractivity (Wildman–Crippen MR) is 553 cm³/mol. The Bertz CT molecular complexity index is 7920. The van der Waals surface area contributed by atoms with Gasteiger partial charge in [-0.3, -0.25) is 18.3 Å². The van der Waals surface area contributed by atoms with Crippen LogP contribution in [0.25, 0.3) is 127 Å². The molecular formula is C118H94N14. The van der Waals surface area contributed by atoms with Gasteiger partial charge in [0.15, 0.2) is 5.69 Å². The van der Waals surface area contributed by atoms with Crippen LogP contribution in [0.1, 0.15) is 0 Å². The molecule has 19 aromatic carbocycles. The Morgan fingerprint density at radius 1 is 0.212 bits per heavy atom. The van der Waals surface area contributed by atoms with Gasteiger partial charge in [-0.25, -0.2) is 24.8 Å². The minimum Gasteiger partial charge on any atom is -0.346 e. The van der Waals surface area contributed by atoms with Gasteiger partial charge in [0.1, 0.15) is 11.6 Å². The molecule has 0 fully saturated rings. The first-order valence-corrected chi connectivity index (χ1v) is 44.1. The van der Waals surface area contributed by atoms with E-state index in [1.54, 1.807) is 0 Å². The summed E-state index contributed by atoms with van der Waals surface area (Å²) in [4.78, 5) is 34.0. The topological polar surface area (TPSA) is 91.8 Å². The molecule has 0 radical (unpaired) electrons. The number of imidazole rings is 4. The molecular weight excluding hydrogens is 1610 g/mol. The normalized spacial score (nSPS) is 10.9. The van der Waals surface area contributed by atoms with Crippen molar-refractivity contribution in [3.63, 3.8) is 0 Å². The van der Waals surface area contributed by atoms with E-state index >= 15 is 0 Å². The number of benzene rings is 19. The molecule has 132 heavy (non-hydrogen) atoms. The lowest BCUT2D eigenvalue weighted by Gasteiger charge is -2.22. The molecule has 0 spiro atoms. The summed E-state index contributed by atoms with van der Waals surface area (Å²) in [5, 5.41) is 7.39. The summed E-state index contributed by atoms with van der Waals surface area (Å²) in [6.45, 7) is 7.10. The molecule has 14 heteroatoms. The lowest BCUT2D eigenvalue weighted by Crippen LogP contribution is -2.15. The second-order valence-electron chi connectivity index (χ2n) is 32.1. The van der Waals surface area contributed by atoms with Gasteiger partial charge in [0.25, 0.3) is 0 Å². The number of rotatable bonds is 16. The molecule has 0 aliphatic rings. The Hall–Kier alpha value is -17.7. The lowest BCUT2D eigenvalue weighted by molar-refractivity contribution is 1.01. The van der Waals surface area contributed by atoms with Crippen molar-refractivity contribution in [2.24, 2.45) is 0 Å².